The van der Waals surface area contributed by atoms with Gasteiger partial charge in [0, 0.05) is 6.54 Å². The molecule has 0 unspecified atom stereocenters. The molecule has 2 rings (SSSR count). The predicted molar refractivity (Wildman–Crippen MR) is 75.8 cm³/mol. The molecule has 0 aliphatic carbocycles. The van der Waals surface area contributed by atoms with E-state index in [0.29, 0.717) is 18.8 Å². The smallest absolute Gasteiger partial charge is 0.320 e. The number of hydrogen-bond donors (Lipinski definition) is 0. The van der Waals surface area contributed by atoms with E-state index in [1.807, 2.05) is 6.07 Å². The van der Waals surface area contributed by atoms with Crippen molar-refractivity contribution in [3.8, 4) is 0 Å². The van der Waals surface area contributed by atoms with Gasteiger partial charge in [0.1, 0.15) is 0 Å². The van der Waals surface area contributed by atoms with Gasteiger partial charge in [-0.15, -0.1) is 0 Å². The first-order chi connectivity index (χ1) is 9.53. The lowest BCUT2D eigenvalue weighted by Crippen LogP contribution is -2.52. The van der Waals surface area contributed by atoms with Crippen molar-refractivity contribution in [2.45, 2.75) is 6.92 Å². The van der Waals surface area contributed by atoms with Crippen molar-refractivity contribution in [2.24, 2.45) is 0 Å². The molecule has 0 bridgehead atoms. The fourth-order valence-corrected chi connectivity index (χ4v) is 3.54. The molecule has 0 aromatic heterocycles. The van der Waals surface area contributed by atoms with Gasteiger partial charge in [-0.1, -0.05) is 18.2 Å². The van der Waals surface area contributed by atoms with Gasteiger partial charge in [0.25, 0.3) is 0 Å². The van der Waals surface area contributed by atoms with E-state index in [-0.39, 0.29) is 24.9 Å². The standard InChI is InChI=1S/C13H18N2O4S/c1-2-19-13(16)10-14-8-9-20(17,18)15(11-14)12-6-4-3-5-7-12/h3-7H,2,8-11H2,1H3. The number of para-hydroxylation sites is 1. The average Bonchev–Trinajstić information content (AvgIpc) is 2.42. The Hall–Kier alpha value is -1.60. The van der Waals surface area contributed by atoms with Gasteiger partial charge in [-0.05, 0) is 19.1 Å². The van der Waals surface area contributed by atoms with Crippen LogP contribution in [0, 0.1) is 0 Å². The van der Waals surface area contributed by atoms with Gasteiger partial charge in [-0.25, -0.2) is 8.42 Å². The van der Waals surface area contributed by atoms with Gasteiger partial charge in [0.2, 0.25) is 10.0 Å². The summed E-state index contributed by atoms with van der Waals surface area (Å²) in [7, 11) is -3.32. The number of carbonyl (C=O) groups is 1. The molecule has 6 nitrogen and oxygen atoms in total. The first-order valence-electron chi connectivity index (χ1n) is 6.46. The molecule has 1 saturated heterocycles. The molecule has 1 aliphatic rings. The minimum atomic E-state index is -3.32. The molecule has 0 saturated carbocycles. The van der Waals surface area contributed by atoms with Crippen LogP contribution in [0.5, 0.6) is 0 Å². The molecule has 20 heavy (non-hydrogen) atoms. The predicted octanol–water partition coefficient (Wildman–Crippen LogP) is 0.659. The van der Waals surface area contributed by atoms with E-state index >= 15 is 0 Å². The van der Waals surface area contributed by atoms with E-state index < -0.39 is 10.0 Å². The number of rotatable bonds is 4. The Labute approximate surface area is 119 Å². The third kappa shape index (κ3) is 3.49. The van der Waals surface area contributed by atoms with Gasteiger partial charge >= 0.3 is 5.97 Å². The second kappa shape index (κ2) is 6.23. The molecule has 0 spiro atoms. The molecule has 7 heteroatoms. The Morgan fingerprint density at radius 1 is 1.30 bits per heavy atom. The molecule has 110 valence electrons. The van der Waals surface area contributed by atoms with Crippen LogP contribution in [0.1, 0.15) is 6.92 Å². The Morgan fingerprint density at radius 2 is 2.00 bits per heavy atom. The highest BCUT2D eigenvalue weighted by Crippen LogP contribution is 2.21. The quantitative estimate of drug-likeness (QED) is 0.764. The van der Waals surface area contributed by atoms with Crippen molar-refractivity contribution in [1.82, 2.24) is 4.90 Å². The molecule has 0 radical (unpaired) electrons. The minimum Gasteiger partial charge on any atom is -0.465 e. The number of esters is 1. The van der Waals surface area contributed by atoms with Gasteiger partial charge in [-0.2, -0.15) is 0 Å². The molecule has 1 heterocycles. The molecule has 1 fully saturated rings. The maximum Gasteiger partial charge on any atom is 0.320 e. The number of carbonyl (C=O) groups excluding carboxylic acids is 1. The second-order valence-corrected chi connectivity index (χ2v) is 6.51. The lowest BCUT2D eigenvalue weighted by Gasteiger charge is -2.35. The molecule has 0 atom stereocenters. The number of nitrogens with zero attached hydrogens (tertiary/aromatic N) is 2. The monoisotopic (exact) mass is 298 g/mol. The number of anilines is 1. The average molecular weight is 298 g/mol. The number of sulfonamides is 1. The molecule has 0 amide bonds. The van der Waals surface area contributed by atoms with E-state index in [1.54, 1.807) is 36.1 Å². The van der Waals surface area contributed by atoms with Crippen LogP contribution < -0.4 is 4.31 Å². The number of benzene rings is 1. The number of hydrogen-bond acceptors (Lipinski definition) is 5. The van der Waals surface area contributed by atoms with Gasteiger partial charge < -0.3 is 4.74 Å². The third-order valence-electron chi connectivity index (χ3n) is 3.03. The van der Waals surface area contributed by atoms with Crippen LogP contribution in [0.25, 0.3) is 0 Å². The van der Waals surface area contributed by atoms with E-state index in [4.69, 9.17) is 4.74 Å². The summed E-state index contributed by atoms with van der Waals surface area (Å²) < 4.78 is 30.5. The third-order valence-corrected chi connectivity index (χ3v) is 4.73. The van der Waals surface area contributed by atoms with E-state index in [1.165, 1.54) is 4.31 Å². The minimum absolute atomic E-state index is 0.00129. The normalized spacial score (nSPS) is 18.8. The highest BCUT2D eigenvalue weighted by atomic mass is 32.2. The first-order valence-corrected chi connectivity index (χ1v) is 8.07. The van der Waals surface area contributed by atoms with Crippen LogP contribution in [-0.2, 0) is 19.6 Å². The van der Waals surface area contributed by atoms with Crippen molar-refractivity contribution < 1.29 is 17.9 Å². The Bertz CT molecular complexity index is 559. The van der Waals surface area contributed by atoms with Crippen molar-refractivity contribution >= 4 is 21.7 Å². The zero-order valence-electron chi connectivity index (χ0n) is 11.4. The highest BCUT2D eigenvalue weighted by molar-refractivity contribution is 7.92. The summed E-state index contributed by atoms with van der Waals surface area (Å²) >= 11 is 0. The van der Waals surface area contributed by atoms with Gasteiger partial charge in [-0.3, -0.25) is 14.0 Å². The molecule has 1 aromatic carbocycles. The highest BCUT2D eigenvalue weighted by Gasteiger charge is 2.31. The Balaban J connectivity index is 2.11. The summed E-state index contributed by atoms with van der Waals surface area (Å²) in [5, 5.41) is 0. The summed E-state index contributed by atoms with van der Waals surface area (Å²) in [5.41, 5.74) is 0.612. The first kappa shape index (κ1) is 14.8. The maximum atomic E-state index is 12.1. The van der Waals surface area contributed by atoms with E-state index in [2.05, 4.69) is 0 Å². The lowest BCUT2D eigenvalue weighted by atomic mass is 10.3. The summed E-state index contributed by atoms with van der Waals surface area (Å²) in [6.07, 6.45) is 0. The number of ether oxygens (including phenoxy) is 1. The van der Waals surface area contributed by atoms with Crippen LogP contribution in [0.3, 0.4) is 0 Å². The van der Waals surface area contributed by atoms with Crippen LogP contribution in [0.2, 0.25) is 0 Å². The van der Waals surface area contributed by atoms with Crippen LogP contribution in [0.15, 0.2) is 30.3 Å². The lowest BCUT2D eigenvalue weighted by molar-refractivity contribution is -0.144. The summed E-state index contributed by atoms with van der Waals surface area (Å²) in [4.78, 5) is 13.3. The van der Waals surface area contributed by atoms with Crippen LogP contribution >= 0.6 is 0 Å². The molecule has 1 aromatic rings. The fourth-order valence-electron chi connectivity index (χ4n) is 2.05. The summed E-state index contributed by atoms with van der Waals surface area (Å²) in [5.74, 6) is -0.332. The second-order valence-electron chi connectivity index (χ2n) is 4.50. The van der Waals surface area contributed by atoms with Crippen molar-refractivity contribution in [2.75, 3.05) is 36.4 Å². The Morgan fingerprint density at radius 3 is 2.65 bits per heavy atom. The van der Waals surface area contributed by atoms with Gasteiger partial charge in [0.05, 0.1) is 31.3 Å². The van der Waals surface area contributed by atoms with Crippen LogP contribution in [0.4, 0.5) is 5.69 Å². The largest absolute Gasteiger partial charge is 0.465 e. The van der Waals surface area contributed by atoms with E-state index in [9.17, 15) is 13.2 Å². The van der Waals surface area contributed by atoms with E-state index in [0.717, 1.165) is 0 Å². The molecule has 1 aliphatic heterocycles. The van der Waals surface area contributed by atoms with Gasteiger partial charge in [0.15, 0.2) is 0 Å². The van der Waals surface area contributed by atoms with Crippen molar-refractivity contribution in [3.05, 3.63) is 30.3 Å². The summed E-state index contributed by atoms with van der Waals surface area (Å²) in [6.45, 7) is 2.69. The fraction of sp³-hybridized carbons (Fsp3) is 0.462. The summed E-state index contributed by atoms with van der Waals surface area (Å²) in [6, 6.07) is 8.89. The zero-order chi connectivity index (χ0) is 14.6. The topological polar surface area (TPSA) is 66.9 Å². The maximum absolute atomic E-state index is 12.1. The zero-order valence-corrected chi connectivity index (χ0v) is 12.2. The molecular formula is C13H18N2O4S. The van der Waals surface area contributed by atoms with Crippen molar-refractivity contribution in [3.63, 3.8) is 0 Å². The van der Waals surface area contributed by atoms with Crippen LogP contribution in [-0.4, -0.2) is 51.4 Å². The molecular weight excluding hydrogens is 280 g/mol. The SMILES string of the molecule is CCOC(=O)CN1CCS(=O)(=O)N(c2ccccc2)C1. The van der Waals surface area contributed by atoms with Crippen molar-refractivity contribution in [1.29, 1.82) is 0 Å². The molecule has 0 N–H and O–H groups in total. The Kier molecular flexibility index (Phi) is 4.61.